The van der Waals surface area contributed by atoms with Crippen molar-refractivity contribution in [3.63, 3.8) is 0 Å². The van der Waals surface area contributed by atoms with Crippen LogP contribution < -0.4 is 10.2 Å². The molecular weight excluding hydrogens is 252 g/mol. The summed E-state index contributed by atoms with van der Waals surface area (Å²) in [6.07, 6.45) is 3.71. The third kappa shape index (κ3) is 2.55. The number of hydrogen-bond donors (Lipinski definition) is 1. The molecule has 1 N–H and O–H groups in total. The lowest BCUT2D eigenvalue weighted by molar-refractivity contribution is -0.132. The normalized spacial score (nSPS) is 22.1. The molecule has 2 amide bonds. The van der Waals surface area contributed by atoms with Gasteiger partial charge < -0.3 is 10.2 Å². The molecule has 0 unspecified atom stereocenters. The summed E-state index contributed by atoms with van der Waals surface area (Å²) in [4.78, 5) is 26.1. The molecule has 4 heteroatoms. The summed E-state index contributed by atoms with van der Waals surface area (Å²) in [5, 5.41) is 2.93. The van der Waals surface area contributed by atoms with Crippen LogP contribution in [0.5, 0.6) is 0 Å². The number of benzene rings is 1. The Labute approximate surface area is 119 Å². The van der Waals surface area contributed by atoms with E-state index in [-0.39, 0.29) is 11.8 Å². The zero-order chi connectivity index (χ0) is 14.1. The molecule has 0 spiro atoms. The second kappa shape index (κ2) is 5.27. The van der Waals surface area contributed by atoms with E-state index < -0.39 is 5.92 Å². The highest BCUT2D eigenvalue weighted by atomic mass is 16.2. The van der Waals surface area contributed by atoms with Gasteiger partial charge in [-0.1, -0.05) is 19.1 Å². The van der Waals surface area contributed by atoms with E-state index in [0.717, 1.165) is 24.9 Å². The van der Waals surface area contributed by atoms with E-state index >= 15 is 0 Å². The van der Waals surface area contributed by atoms with Gasteiger partial charge in [0.05, 0.1) is 0 Å². The van der Waals surface area contributed by atoms with E-state index in [2.05, 4.69) is 12.2 Å². The SMILES string of the molecule is CCc1ccc(N2CC[C@@H](C(=O)NC3CC3)C2=O)cc1. The lowest BCUT2D eigenvalue weighted by atomic mass is 10.1. The number of rotatable bonds is 4. The molecule has 1 aliphatic carbocycles. The first-order valence-corrected chi connectivity index (χ1v) is 7.39. The molecule has 1 heterocycles. The maximum absolute atomic E-state index is 12.4. The lowest BCUT2D eigenvalue weighted by Crippen LogP contribution is -2.37. The zero-order valence-corrected chi connectivity index (χ0v) is 11.8. The van der Waals surface area contributed by atoms with Gasteiger partial charge in [-0.3, -0.25) is 9.59 Å². The average molecular weight is 272 g/mol. The zero-order valence-electron chi connectivity index (χ0n) is 11.8. The number of aryl methyl sites for hydroxylation is 1. The lowest BCUT2D eigenvalue weighted by Gasteiger charge is -2.17. The van der Waals surface area contributed by atoms with E-state index in [4.69, 9.17) is 0 Å². The second-order valence-corrected chi connectivity index (χ2v) is 5.63. The first kappa shape index (κ1) is 13.2. The highest BCUT2D eigenvalue weighted by molar-refractivity contribution is 6.09. The van der Waals surface area contributed by atoms with Crippen molar-refractivity contribution in [1.82, 2.24) is 5.32 Å². The molecule has 0 aromatic heterocycles. The molecule has 1 atom stereocenters. The van der Waals surface area contributed by atoms with Gasteiger partial charge in [0, 0.05) is 18.3 Å². The molecule has 1 saturated carbocycles. The predicted octanol–water partition coefficient (Wildman–Crippen LogP) is 1.88. The number of nitrogens with zero attached hydrogens (tertiary/aromatic N) is 1. The fourth-order valence-electron chi connectivity index (χ4n) is 2.62. The topological polar surface area (TPSA) is 49.4 Å². The number of anilines is 1. The Hall–Kier alpha value is -1.84. The predicted molar refractivity (Wildman–Crippen MR) is 77.4 cm³/mol. The minimum Gasteiger partial charge on any atom is -0.353 e. The first-order valence-electron chi connectivity index (χ1n) is 7.39. The molecule has 20 heavy (non-hydrogen) atoms. The molecule has 4 nitrogen and oxygen atoms in total. The van der Waals surface area contributed by atoms with Crippen LogP contribution in [0, 0.1) is 5.92 Å². The maximum Gasteiger partial charge on any atom is 0.239 e. The minimum absolute atomic E-state index is 0.0626. The van der Waals surface area contributed by atoms with Crippen molar-refractivity contribution in [2.75, 3.05) is 11.4 Å². The van der Waals surface area contributed by atoms with Crippen molar-refractivity contribution in [2.45, 2.75) is 38.6 Å². The monoisotopic (exact) mass is 272 g/mol. The minimum atomic E-state index is -0.499. The number of carbonyl (C=O) groups excluding carboxylic acids is 2. The number of nitrogens with one attached hydrogen (secondary N) is 1. The molecule has 1 aliphatic heterocycles. The Balaban J connectivity index is 1.68. The number of hydrogen-bond acceptors (Lipinski definition) is 2. The van der Waals surface area contributed by atoms with Crippen molar-refractivity contribution in [2.24, 2.45) is 5.92 Å². The summed E-state index contributed by atoms with van der Waals surface area (Å²) in [7, 11) is 0. The first-order chi connectivity index (χ1) is 9.69. The smallest absolute Gasteiger partial charge is 0.239 e. The van der Waals surface area contributed by atoms with Gasteiger partial charge in [-0.15, -0.1) is 0 Å². The van der Waals surface area contributed by atoms with Crippen LogP contribution in [0.1, 0.15) is 31.7 Å². The van der Waals surface area contributed by atoms with Crippen LogP contribution in [0.2, 0.25) is 0 Å². The van der Waals surface area contributed by atoms with Gasteiger partial charge >= 0.3 is 0 Å². The van der Waals surface area contributed by atoms with Crippen molar-refractivity contribution in [3.8, 4) is 0 Å². The second-order valence-electron chi connectivity index (χ2n) is 5.63. The van der Waals surface area contributed by atoms with Gasteiger partial charge in [0.25, 0.3) is 0 Å². The van der Waals surface area contributed by atoms with Crippen LogP contribution in [0.4, 0.5) is 5.69 Å². The summed E-state index contributed by atoms with van der Waals surface area (Å²) >= 11 is 0. The summed E-state index contributed by atoms with van der Waals surface area (Å²) in [6.45, 7) is 2.74. The fourth-order valence-corrected chi connectivity index (χ4v) is 2.62. The number of carbonyl (C=O) groups is 2. The highest BCUT2D eigenvalue weighted by Gasteiger charge is 2.39. The Bertz CT molecular complexity index is 520. The van der Waals surface area contributed by atoms with E-state index in [1.165, 1.54) is 5.56 Å². The standard InChI is InChI=1S/C16H20N2O2/c1-2-11-3-7-13(8-4-11)18-10-9-14(16(18)20)15(19)17-12-5-6-12/h3-4,7-8,12,14H,2,5-6,9-10H2,1H3,(H,17,19)/t14-/m0/s1. The van der Waals surface area contributed by atoms with Gasteiger partial charge in [-0.25, -0.2) is 0 Å². The molecule has 3 rings (SSSR count). The molecular formula is C16H20N2O2. The van der Waals surface area contributed by atoms with Crippen molar-refractivity contribution in [3.05, 3.63) is 29.8 Å². The summed E-state index contributed by atoms with van der Waals surface area (Å²) in [6, 6.07) is 8.34. The van der Waals surface area contributed by atoms with Crippen LogP contribution in [-0.2, 0) is 16.0 Å². The van der Waals surface area contributed by atoms with Crippen LogP contribution in [-0.4, -0.2) is 24.4 Å². The summed E-state index contributed by atoms with van der Waals surface area (Å²) in [5.41, 5.74) is 2.15. The molecule has 106 valence electrons. The summed E-state index contributed by atoms with van der Waals surface area (Å²) in [5.74, 6) is -0.654. The molecule has 2 fully saturated rings. The highest BCUT2D eigenvalue weighted by Crippen LogP contribution is 2.27. The Morgan fingerprint density at radius 3 is 2.55 bits per heavy atom. The van der Waals surface area contributed by atoms with Crippen LogP contribution in [0.25, 0.3) is 0 Å². The molecule has 0 bridgehead atoms. The van der Waals surface area contributed by atoms with Gasteiger partial charge in [-0.05, 0) is 43.4 Å². The molecule has 2 aliphatic rings. The van der Waals surface area contributed by atoms with E-state index in [1.807, 2.05) is 24.3 Å². The van der Waals surface area contributed by atoms with Gasteiger partial charge in [0.15, 0.2) is 0 Å². The average Bonchev–Trinajstić information content (AvgIpc) is 3.19. The van der Waals surface area contributed by atoms with Crippen LogP contribution in [0.15, 0.2) is 24.3 Å². The van der Waals surface area contributed by atoms with E-state index in [1.54, 1.807) is 4.90 Å². The Kier molecular flexibility index (Phi) is 3.47. The number of amides is 2. The Morgan fingerprint density at radius 2 is 1.95 bits per heavy atom. The molecule has 1 aromatic carbocycles. The quantitative estimate of drug-likeness (QED) is 0.851. The van der Waals surface area contributed by atoms with E-state index in [9.17, 15) is 9.59 Å². The third-order valence-electron chi connectivity index (χ3n) is 4.10. The molecule has 0 radical (unpaired) electrons. The van der Waals surface area contributed by atoms with Crippen LogP contribution >= 0.6 is 0 Å². The molecule has 1 saturated heterocycles. The van der Waals surface area contributed by atoms with Crippen molar-refractivity contribution in [1.29, 1.82) is 0 Å². The van der Waals surface area contributed by atoms with Crippen molar-refractivity contribution >= 4 is 17.5 Å². The van der Waals surface area contributed by atoms with Gasteiger partial charge in [-0.2, -0.15) is 0 Å². The van der Waals surface area contributed by atoms with Crippen molar-refractivity contribution < 1.29 is 9.59 Å². The maximum atomic E-state index is 12.4. The summed E-state index contributed by atoms with van der Waals surface area (Å²) < 4.78 is 0. The van der Waals surface area contributed by atoms with E-state index in [0.29, 0.717) is 19.0 Å². The third-order valence-corrected chi connectivity index (χ3v) is 4.10. The van der Waals surface area contributed by atoms with Crippen LogP contribution in [0.3, 0.4) is 0 Å². The Morgan fingerprint density at radius 1 is 1.25 bits per heavy atom. The van der Waals surface area contributed by atoms with Gasteiger partial charge in [0.2, 0.25) is 11.8 Å². The van der Waals surface area contributed by atoms with Gasteiger partial charge in [0.1, 0.15) is 5.92 Å². The molecule has 1 aromatic rings. The largest absolute Gasteiger partial charge is 0.353 e. The fraction of sp³-hybridized carbons (Fsp3) is 0.500.